The molecule has 78 valence electrons. The molecule has 14 heavy (non-hydrogen) atoms. The summed E-state index contributed by atoms with van der Waals surface area (Å²) in [6.45, 7) is 2.49. The van der Waals surface area contributed by atoms with Crippen LogP contribution in [0.4, 0.5) is 0 Å². The van der Waals surface area contributed by atoms with E-state index in [9.17, 15) is 4.79 Å². The van der Waals surface area contributed by atoms with Crippen LogP contribution >= 0.6 is 34.5 Å². The highest BCUT2D eigenvalue weighted by Crippen LogP contribution is 2.20. The Bertz CT molecular complexity index is 312. The van der Waals surface area contributed by atoms with Crippen molar-refractivity contribution in [3.63, 3.8) is 0 Å². The van der Waals surface area contributed by atoms with E-state index in [0.29, 0.717) is 15.8 Å². The molecular formula is C9H11Cl2NOS. The Labute approximate surface area is 97.2 Å². The quantitative estimate of drug-likeness (QED) is 0.819. The van der Waals surface area contributed by atoms with Gasteiger partial charge < -0.3 is 5.32 Å². The number of nitrogens with one attached hydrogen (secondary N) is 1. The molecule has 1 N–H and O–H groups in total. The second kappa shape index (κ2) is 5.59. The minimum atomic E-state index is -0.0841. The average Bonchev–Trinajstić information content (AvgIpc) is 2.51. The molecule has 0 spiro atoms. The molecule has 0 aliphatic carbocycles. The minimum absolute atomic E-state index is 0.0841. The van der Waals surface area contributed by atoms with Gasteiger partial charge in [-0.2, -0.15) is 0 Å². The van der Waals surface area contributed by atoms with Gasteiger partial charge in [0.1, 0.15) is 0 Å². The molecule has 0 fully saturated rings. The summed E-state index contributed by atoms with van der Waals surface area (Å²) in [6, 6.07) is 3.43. The zero-order chi connectivity index (χ0) is 10.6. The van der Waals surface area contributed by atoms with E-state index < -0.39 is 0 Å². The molecule has 2 nitrogen and oxygen atoms in total. The van der Waals surface area contributed by atoms with Crippen LogP contribution in [0.15, 0.2) is 12.1 Å². The lowest BCUT2D eigenvalue weighted by molar-refractivity contribution is 0.0957. The van der Waals surface area contributed by atoms with Crippen LogP contribution in [-0.2, 0) is 0 Å². The topological polar surface area (TPSA) is 29.1 Å². The molecule has 1 unspecified atom stereocenters. The van der Waals surface area contributed by atoms with E-state index in [0.717, 1.165) is 6.42 Å². The largest absolute Gasteiger partial charge is 0.351 e. The molecule has 5 heteroatoms. The Morgan fingerprint density at radius 3 is 2.86 bits per heavy atom. The van der Waals surface area contributed by atoms with Gasteiger partial charge >= 0.3 is 0 Å². The van der Waals surface area contributed by atoms with Crippen molar-refractivity contribution in [3.8, 4) is 0 Å². The van der Waals surface area contributed by atoms with Gasteiger partial charge in [0.15, 0.2) is 0 Å². The number of hydrogen-bond acceptors (Lipinski definition) is 2. The molecule has 0 aliphatic rings. The Kier molecular flexibility index (Phi) is 4.72. The van der Waals surface area contributed by atoms with Gasteiger partial charge in [-0.25, -0.2) is 0 Å². The molecule has 0 saturated carbocycles. The number of thiophene rings is 1. The van der Waals surface area contributed by atoms with Crippen molar-refractivity contribution in [2.45, 2.75) is 18.7 Å². The first-order valence-corrected chi connectivity index (χ1v) is 5.90. The molecule has 1 rings (SSSR count). The first-order valence-electron chi connectivity index (χ1n) is 4.27. The average molecular weight is 252 g/mol. The summed E-state index contributed by atoms with van der Waals surface area (Å²) in [5.74, 6) is -0.0841. The van der Waals surface area contributed by atoms with Crippen LogP contribution in [0.25, 0.3) is 0 Å². The summed E-state index contributed by atoms with van der Waals surface area (Å²) < 4.78 is 0.626. The van der Waals surface area contributed by atoms with Crippen LogP contribution in [0.1, 0.15) is 23.0 Å². The van der Waals surface area contributed by atoms with Gasteiger partial charge in [0.25, 0.3) is 5.91 Å². The minimum Gasteiger partial charge on any atom is -0.351 e. The summed E-state index contributed by atoms with van der Waals surface area (Å²) in [4.78, 5) is 12.1. The van der Waals surface area contributed by atoms with E-state index in [1.807, 2.05) is 6.92 Å². The normalized spacial score (nSPS) is 12.5. The van der Waals surface area contributed by atoms with Crippen LogP contribution in [0.3, 0.4) is 0 Å². The smallest absolute Gasteiger partial charge is 0.261 e. The van der Waals surface area contributed by atoms with Crippen molar-refractivity contribution in [1.29, 1.82) is 0 Å². The molecule has 0 aliphatic heterocycles. The summed E-state index contributed by atoms with van der Waals surface area (Å²) in [7, 11) is 0. The maximum atomic E-state index is 11.4. The summed E-state index contributed by atoms with van der Waals surface area (Å²) in [6.07, 6.45) is 0.770. The highest BCUT2D eigenvalue weighted by molar-refractivity contribution is 7.17. The molecule has 0 bridgehead atoms. The fourth-order valence-corrected chi connectivity index (χ4v) is 1.98. The Balaban J connectivity index is 2.36. The van der Waals surface area contributed by atoms with Gasteiger partial charge in [0.2, 0.25) is 0 Å². The van der Waals surface area contributed by atoms with Gasteiger partial charge in [0.05, 0.1) is 9.21 Å². The van der Waals surface area contributed by atoms with E-state index in [1.165, 1.54) is 11.3 Å². The molecule has 0 radical (unpaired) electrons. The lowest BCUT2D eigenvalue weighted by Gasteiger charge is -2.04. The van der Waals surface area contributed by atoms with Crippen LogP contribution < -0.4 is 5.32 Å². The second-order valence-electron chi connectivity index (χ2n) is 2.93. The van der Waals surface area contributed by atoms with E-state index in [-0.39, 0.29) is 11.3 Å². The Hall–Kier alpha value is -0.250. The summed E-state index contributed by atoms with van der Waals surface area (Å²) in [5, 5.41) is 2.86. The fraction of sp³-hybridized carbons (Fsp3) is 0.444. The van der Waals surface area contributed by atoms with Crippen LogP contribution in [0, 0.1) is 0 Å². The van der Waals surface area contributed by atoms with Crippen molar-refractivity contribution in [1.82, 2.24) is 5.32 Å². The lowest BCUT2D eigenvalue weighted by atomic mass is 10.3. The number of alkyl halides is 1. The van der Waals surface area contributed by atoms with Gasteiger partial charge in [-0.1, -0.05) is 11.6 Å². The molecule has 1 heterocycles. The van der Waals surface area contributed by atoms with Gasteiger partial charge in [0, 0.05) is 11.9 Å². The van der Waals surface area contributed by atoms with Crippen molar-refractivity contribution in [2.75, 3.05) is 6.54 Å². The van der Waals surface area contributed by atoms with Crippen molar-refractivity contribution < 1.29 is 4.79 Å². The monoisotopic (exact) mass is 251 g/mol. The van der Waals surface area contributed by atoms with Crippen molar-refractivity contribution in [3.05, 3.63) is 21.3 Å². The SMILES string of the molecule is CC(Cl)CCNC(=O)c1ccc(Cl)s1. The molecule has 1 amide bonds. The number of rotatable bonds is 4. The first-order chi connectivity index (χ1) is 6.59. The summed E-state index contributed by atoms with van der Waals surface area (Å²) in [5.41, 5.74) is 0. The lowest BCUT2D eigenvalue weighted by Crippen LogP contribution is -2.24. The Morgan fingerprint density at radius 1 is 1.64 bits per heavy atom. The van der Waals surface area contributed by atoms with Crippen LogP contribution in [-0.4, -0.2) is 17.8 Å². The maximum absolute atomic E-state index is 11.4. The molecule has 1 aromatic heterocycles. The molecule has 0 aromatic carbocycles. The third-order valence-electron chi connectivity index (χ3n) is 1.62. The van der Waals surface area contributed by atoms with Crippen molar-refractivity contribution in [2.24, 2.45) is 0 Å². The second-order valence-corrected chi connectivity index (χ2v) is 5.39. The third-order valence-corrected chi connectivity index (χ3v) is 3.07. The number of hydrogen-bond donors (Lipinski definition) is 1. The van der Waals surface area contributed by atoms with Crippen LogP contribution in [0.2, 0.25) is 4.34 Å². The van der Waals surface area contributed by atoms with E-state index >= 15 is 0 Å². The van der Waals surface area contributed by atoms with Crippen molar-refractivity contribution >= 4 is 40.4 Å². The van der Waals surface area contributed by atoms with Gasteiger partial charge in [-0.3, -0.25) is 4.79 Å². The Morgan fingerprint density at radius 2 is 2.36 bits per heavy atom. The van der Waals surface area contributed by atoms with E-state index in [1.54, 1.807) is 12.1 Å². The zero-order valence-corrected chi connectivity index (χ0v) is 10.0. The highest BCUT2D eigenvalue weighted by Gasteiger charge is 2.07. The molecule has 0 saturated heterocycles. The third kappa shape index (κ3) is 3.86. The molecule has 1 aromatic rings. The van der Waals surface area contributed by atoms with E-state index in [4.69, 9.17) is 23.2 Å². The number of carbonyl (C=O) groups is 1. The van der Waals surface area contributed by atoms with Gasteiger partial charge in [-0.15, -0.1) is 22.9 Å². The zero-order valence-electron chi connectivity index (χ0n) is 7.72. The number of carbonyl (C=O) groups excluding carboxylic acids is 1. The standard InChI is InChI=1S/C9H11Cl2NOS/c1-6(10)4-5-12-9(13)7-2-3-8(11)14-7/h2-3,6H,4-5H2,1H3,(H,12,13). The van der Waals surface area contributed by atoms with Gasteiger partial charge in [-0.05, 0) is 25.5 Å². The molecule has 1 atom stereocenters. The fourth-order valence-electron chi connectivity index (χ4n) is 0.908. The first kappa shape index (κ1) is 11.8. The van der Waals surface area contributed by atoms with Crippen LogP contribution in [0.5, 0.6) is 0 Å². The predicted octanol–water partition coefficient (Wildman–Crippen LogP) is 3.15. The predicted molar refractivity (Wildman–Crippen MR) is 61.6 cm³/mol. The number of halogens is 2. The van der Waals surface area contributed by atoms with E-state index in [2.05, 4.69) is 5.32 Å². The maximum Gasteiger partial charge on any atom is 0.261 e. The highest BCUT2D eigenvalue weighted by atomic mass is 35.5. The number of amides is 1. The summed E-state index contributed by atoms with van der Waals surface area (Å²) >= 11 is 12.7. The molecular weight excluding hydrogens is 241 g/mol.